The fourth-order valence-corrected chi connectivity index (χ4v) is 2.09. The predicted octanol–water partition coefficient (Wildman–Crippen LogP) is 4.78. The van der Waals surface area contributed by atoms with Crippen molar-refractivity contribution in [3.05, 3.63) is 38.3 Å². The van der Waals surface area contributed by atoms with E-state index in [1.807, 2.05) is 0 Å². The van der Waals surface area contributed by atoms with E-state index in [0.717, 1.165) is 0 Å². The molecule has 0 aromatic heterocycles. The van der Waals surface area contributed by atoms with Gasteiger partial charge >= 0.3 is 6.36 Å². The standard InChI is InChI=1S/C13H10Cl4F3NO4/c14-9-3-7(24-2-1-11(16)17)4-10(15)8(9)5-23-6-12(22)21-25-13(18,19)20/h1,3-4H,2,5-6H2,(H,21,22). The van der Waals surface area contributed by atoms with E-state index in [0.29, 0.717) is 11.3 Å². The van der Waals surface area contributed by atoms with Crippen LogP contribution in [-0.4, -0.2) is 25.5 Å². The highest BCUT2D eigenvalue weighted by atomic mass is 35.5. The number of halogens is 7. The van der Waals surface area contributed by atoms with Gasteiger partial charge < -0.3 is 9.47 Å². The smallest absolute Gasteiger partial charge is 0.489 e. The molecule has 0 atom stereocenters. The first kappa shape index (κ1) is 22.1. The van der Waals surface area contributed by atoms with E-state index < -0.39 is 18.9 Å². The minimum Gasteiger partial charge on any atom is -0.489 e. The molecule has 5 nitrogen and oxygen atoms in total. The number of hydrogen-bond acceptors (Lipinski definition) is 4. The molecule has 1 amide bonds. The SMILES string of the molecule is O=C(COCc1c(Cl)cc(OCC=C(Cl)Cl)cc1Cl)NOC(F)(F)F. The van der Waals surface area contributed by atoms with E-state index in [2.05, 4.69) is 4.84 Å². The Morgan fingerprint density at radius 1 is 1.20 bits per heavy atom. The monoisotopic (exact) mass is 441 g/mol. The number of ether oxygens (including phenoxy) is 2. The van der Waals surface area contributed by atoms with E-state index in [1.165, 1.54) is 23.7 Å². The third kappa shape index (κ3) is 9.39. The number of nitrogens with one attached hydrogen (secondary N) is 1. The average Bonchev–Trinajstić information content (AvgIpc) is 2.47. The highest BCUT2D eigenvalue weighted by molar-refractivity contribution is 6.55. The number of rotatable bonds is 8. The van der Waals surface area contributed by atoms with Crippen LogP contribution in [0.1, 0.15) is 5.56 Å². The molecule has 0 heterocycles. The molecule has 0 aliphatic heterocycles. The zero-order chi connectivity index (χ0) is 19.0. The second kappa shape index (κ2) is 10.3. The first-order valence-electron chi connectivity index (χ1n) is 6.31. The van der Waals surface area contributed by atoms with Gasteiger partial charge in [-0.05, 0) is 18.2 Å². The molecule has 25 heavy (non-hydrogen) atoms. The van der Waals surface area contributed by atoms with Gasteiger partial charge in [0.1, 0.15) is 23.5 Å². The third-order valence-electron chi connectivity index (χ3n) is 2.36. The lowest BCUT2D eigenvalue weighted by Crippen LogP contribution is -2.33. The molecule has 1 aromatic carbocycles. The van der Waals surface area contributed by atoms with Crippen molar-refractivity contribution >= 4 is 52.3 Å². The van der Waals surface area contributed by atoms with Crippen LogP contribution in [0.5, 0.6) is 5.75 Å². The van der Waals surface area contributed by atoms with Crippen molar-refractivity contribution in [1.82, 2.24) is 5.48 Å². The quantitative estimate of drug-likeness (QED) is 0.589. The number of amides is 1. The zero-order valence-electron chi connectivity index (χ0n) is 12.1. The lowest BCUT2D eigenvalue weighted by Gasteiger charge is -2.11. The van der Waals surface area contributed by atoms with E-state index in [1.54, 1.807) is 0 Å². The van der Waals surface area contributed by atoms with Crippen LogP contribution in [0.3, 0.4) is 0 Å². The van der Waals surface area contributed by atoms with Gasteiger partial charge in [0, 0.05) is 5.56 Å². The number of hydrogen-bond donors (Lipinski definition) is 1. The fourth-order valence-electron chi connectivity index (χ4n) is 1.39. The van der Waals surface area contributed by atoms with Gasteiger partial charge in [-0.15, -0.1) is 13.2 Å². The van der Waals surface area contributed by atoms with Crippen LogP contribution in [-0.2, 0) is 21.0 Å². The summed E-state index contributed by atoms with van der Waals surface area (Å²) in [4.78, 5) is 14.2. The largest absolute Gasteiger partial charge is 0.543 e. The first-order chi connectivity index (χ1) is 11.6. The van der Waals surface area contributed by atoms with Crippen molar-refractivity contribution < 1.29 is 32.3 Å². The maximum atomic E-state index is 11.7. The van der Waals surface area contributed by atoms with E-state index >= 15 is 0 Å². The molecule has 12 heteroatoms. The number of alkyl halides is 3. The Balaban J connectivity index is 2.53. The topological polar surface area (TPSA) is 56.8 Å². The van der Waals surface area contributed by atoms with Crippen molar-refractivity contribution in [2.45, 2.75) is 13.0 Å². The van der Waals surface area contributed by atoms with Gasteiger partial charge in [-0.2, -0.15) is 4.84 Å². The van der Waals surface area contributed by atoms with Crippen molar-refractivity contribution in [3.8, 4) is 5.75 Å². The molecule has 0 saturated heterocycles. The molecular formula is C13H10Cl4F3NO4. The Morgan fingerprint density at radius 3 is 2.32 bits per heavy atom. The van der Waals surface area contributed by atoms with E-state index in [4.69, 9.17) is 55.9 Å². The Morgan fingerprint density at radius 2 is 1.80 bits per heavy atom. The summed E-state index contributed by atoms with van der Waals surface area (Å²) in [6.45, 7) is -0.824. The van der Waals surface area contributed by atoms with Gasteiger partial charge in [0.2, 0.25) is 0 Å². The summed E-state index contributed by atoms with van der Waals surface area (Å²) in [6, 6.07) is 2.88. The second-order valence-corrected chi connectivity index (χ2v) is 6.06. The lowest BCUT2D eigenvalue weighted by molar-refractivity contribution is -0.346. The zero-order valence-corrected chi connectivity index (χ0v) is 15.2. The molecule has 0 radical (unpaired) electrons. The highest BCUT2D eigenvalue weighted by Gasteiger charge is 2.31. The molecule has 140 valence electrons. The molecule has 0 spiro atoms. The molecule has 1 aromatic rings. The van der Waals surface area contributed by atoms with Crippen molar-refractivity contribution in [2.24, 2.45) is 0 Å². The Bertz CT molecular complexity index is 613. The number of carbonyl (C=O) groups excluding carboxylic acids is 1. The summed E-state index contributed by atoms with van der Waals surface area (Å²) in [7, 11) is 0. The predicted molar refractivity (Wildman–Crippen MR) is 86.7 cm³/mol. The van der Waals surface area contributed by atoms with Gasteiger partial charge in [-0.3, -0.25) is 4.79 Å². The van der Waals surface area contributed by atoms with Crippen LogP contribution in [0.15, 0.2) is 22.7 Å². The Kier molecular flexibility index (Phi) is 9.12. The van der Waals surface area contributed by atoms with Crippen molar-refractivity contribution in [3.63, 3.8) is 0 Å². The summed E-state index contributed by atoms with van der Waals surface area (Å²) >= 11 is 22.9. The summed E-state index contributed by atoms with van der Waals surface area (Å²) in [6.07, 6.45) is -3.58. The van der Waals surface area contributed by atoms with Gasteiger partial charge in [0.25, 0.3) is 5.91 Å². The summed E-state index contributed by atoms with van der Waals surface area (Å²) < 4.78 is 45.5. The Hall–Kier alpha value is -0.900. The van der Waals surface area contributed by atoms with Crippen LogP contribution in [0.4, 0.5) is 13.2 Å². The molecule has 1 rings (SSSR count). The minimum atomic E-state index is -4.99. The van der Waals surface area contributed by atoms with Crippen molar-refractivity contribution in [2.75, 3.05) is 13.2 Å². The number of hydroxylamine groups is 1. The number of carbonyl (C=O) groups is 1. The fraction of sp³-hybridized carbons (Fsp3) is 0.308. The molecule has 0 aliphatic rings. The molecular weight excluding hydrogens is 433 g/mol. The minimum absolute atomic E-state index is 0.0370. The van der Waals surface area contributed by atoms with Crippen LogP contribution in [0, 0.1) is 0 Å². The molecule has 0 saturated carbocycles. The second-order valence-electron chi connectivity index (χ2n) is 4.24. The summed E-state index contributed by atoms with van der Waals surface area (Å²) in [5.41, 5.74) is 1.50. The van der Waals surface area contributed by atoms with Gasteiger partial charge in [-0.25, -0.2) is 5.48 Å². The molecule has 0 aliphatic carbocycles. The van der Waals surface area contributed by atoms with Crippen LogP contribution >= 0.6 is 46.4 Å². The van der Waals surface area contributed by atoms with Crippen LogP contribution in [0.25, 0.3) is 0 Å². The number of benzene rings is 1. The summed E-state index contributed by atoms with van der Waals surface area (Å²) in [5, 5.41) is 0.353. The molecule has 0 fully saturated rings. The average molecular weight is 443 g/mol. The maximum absolute atomic E-state index is 11.7. The lowest BCUT2D eigenvalue weighted by atomic mass is 10.2. The van der Waals surface area contributed by atoms with Crippen LogP contribution in [0.2, 0.25) is 10.0 Å². The Labute approximate surface area is 160 Å². The van der Waals surface area contributed by atoms with E-state index in [9.17, 15) is 18.0 Å². The van der Waals surface area contributed by atoms with Gasteiger partial charge in [0.15, 0.2) is 0 Å². The molecule has 0 unspecified atom stereocenters. The summed E-state index contributed by atoms with van der Waals surface area (Å²) in [5.74, 6) is -0.796. The molecule has 1 N–H and O–H groups in total. The van der Waals surface area contributed by atoms with Gasteiger partial charge in [0.05, 0.1) is 16.7 Å². The third-order valence-corrected chi connectivity index (χ3v) is 3.35. The van der Waals surface area contributed by atoms with E-state index in [-0.39, 0.29) is 27.8 Å². The normalized spacial score (nSPS) is 11.2. The van der Waals surface area contributed by atoms with Crippen molar-refractivity contribution in [1.29, 1.82) is 0 Å². The highest BCUT2D eigenvalue weighted by Crippen LogP contribution is 2.31. The van der Waals surface area contributed by atoms with Crippen LogP contribution < -0.4 is 10.2 Å². The maximum Gasteiger partial charge on any atom is 0.543 e. The first-order valence-corrected chi connectivity index (χ1v) is 7.83. The van der Waals surface area contributed by atoms with Gasteiger partial charge in [-0.1, -0.05) is 46.4 Å². The molecule has 0 bridgehead atoms.